The highest BCUT2D eigenvalue weighted by Crippen LogP contribution is 2.43. The highest BCUT2D eigenvalue weighted by atomic mass is 31.2. The number of ether oxygens (including phenoxy) is 2. The van der Waals surface area contributed by atoms with E-state index < -0.39 is 13.9 Å². The Morgan fingerprint density at radius 3 is 2.05 bits per heavy atom. The van der Waals surface area contributed by atoms with Crippen LogP contribution in [0.5, 0.6) is 0 Å². The van der Waals surface area contributed by atoms with Crippen LogP contribution in [0.25, 0.3) is 0 Å². The third-order valence-corrected chi connectivity index (χ3v) is 6.74. The van der Waals surface area contributed by atoms with Gasteiger partial charge in [0.1, 0.15) is 6.10 Å². The molecule has 0 aromatic rings. The molecule has 0 aliphatic carbocycles. The third-order valence-electron chi connectivity index (χ3n) is 5.76. The van der Waals surface area contributed by atoms with Gasteiger partial charge in [0.05, 0.1) is 19.8 Å². The Labute approximate surface area is 243 Å². The van der Waals surface area contributed by atoms with Gasteiger partial charge in [0.15, 0.2) is 0 Å². The lowest BCUT2D eigenvalue weighted by Crippen LogP contribution is -2.28. The minimum absolute atomic E-state index is 0.0926. The van der Waals surface area contributed by atoms with E-state index in [9.17, 15) is 14.3 Å². The van der Waals surface area contributed by atoms with Crippen LogP contribution >= 0.6 is 7.82 Å². The lowest BCUT2D eigenvalue weighted by molar-refractivity contribution is -0.154. The third kappa shape index (κ3) is 28.0. The summed E-state index contributed by atoms with van der Waals surface area (Å²) >= 11 is 0. The standard InChI is InChI=1S/C31H56NO7P/c1-3-5-7-9-10-11-12-13-14-15-16-17-18-19-21-23-26-36-28-30(29-38-40(34,35)37-27-25-32)39-31(33)24-22-20-8-6-4-2/h5,7,10-11,13-14,16-17,30H,3-4,6,8-9,12,15,18-29,32H2,1-2H3,(H,34,35)/b7-5-,11-10-,14-13-,17-16-. The van der Waals surface area contributed by atoms with Gasteiger partial charge in [-0.15, -0.1) is 0 Å². The van der Waals surface area contributed by atoms with Gasteiger partial charge in [-0.3, -0.25) is 13.8 Å². The fraction of sp³-hybridized carbons (Fsp3) is 0.710. The summed E-state index contributed by atoms with van der Waals surface area (Å²) < 4.78 is 32.8. The van der Waals surface area contributed by atoms with Crippen LogP contribution in [0.3, 0.4) is 0 Å². The van der Waals surface area contributed by atoms with Crippen molar-refractivity contribution < 1.29 is 32.8 Å². The van der Waals surface area contributed by atoms with Gasteiger partial charge in [-0.1, -0.05) is 94.6 Å². The molecule has 0 radical (unpaired) electrons. The molecule has 0 saturated heterocycles. The van der Waals surface area contributed by atoms with E-state index >= 15 is 0 Å². The monoisotopic (exact) mass is 585 g/mol. The smallest absolute Gasteiger partial charge is 0.457 e. The molecular weight excluding hydrogens is 529 g/mol. The molecule has 0 aliphatic heterocycles. The molecule has 0 bridgehead atoms. The van der Waals surface area contributed by atoms with E-state index in [2.05, 4.69) is 62.5 Å². The number of carbonyl (C=O) groups excluding carboxylic acids is 1. The van der Waals surface area contributed by atoms with Crippen molar-refractivity contribution in [2.45, 2.75) is 110 Å². The van der Waals surface area contributed by atoms with E-state index in [1.165, 1.54) is 0 Å². The van der Waals surface area contributed by atoms with Gasteiger partial charge in [0.25, 0.3) is 0 Å². The topological polar surface area (TPSA) is 117 Å². The largest absolute Gasteiger partial charge is 0.472 e. The van der Waals surface area contributed by atoms with E-state index in [0.717, 1.165) is 83.5 Å². The van der Waals surface area contributed by atoms with Gasteiger partial charge in [-0.2, -0.15) is 0 Å². The lowest BCUT2D eigenvalue weighted by Gasteiger charge is -2.20. The first-order valence-electron chi connectivity index (χ1n) is 15.1. The number of esters is 1. The van der Waals surface area contributed by atoms with Crippen LogP contribution in [-0.4, -0.2) is 49.9 Å². The maximum Gasteiger partial charge on any atom is 0.472 e. The molecular formula is C31H56NO7P. The van der Waals surface area contributed by atoms with Crippen molar-refractivity contribution in [1.29, 1.82) is 0 Å². The Balaban J connectivity index is 4.15. The van der Waals surface area contributed by atoms with Gasteiger partial charge >= 0.3 is 13.8 Å². The van der Waals surface area contributed by atoms with Gasteiger partial charge in [-0.05, 0) is 51.4 Å². The second kappa shape index (κ2) is 29.0. The lowest BCUT2D eigenvalue weighted by atomic mass is 10.1. The highest BCUT2D eigenvalue weighted by molar-refractivity contribution is 7.47. The number of rotatable bonds is 28. The summed E-state index contributed by atoms with van der Waals surface area (Å²) in [6.45, 7) is 4.59. The van der Waals surface area contributed by atoms with Gasteiger partial charge in [0.2, 0.25) is 0 Å². The van der Waals surface area contributed by atoms with E-state index in [0.29, 0.717) is 13.0 Å². The second-order valence-electron chi connectivity index (χ2n) is 9.59. The Morgan fingerprint density at radius 2 is 1.40 bits per heavy atom. The number of unbranched alkanes of at least 4 members (excludes halogenated alkanes) is 7. The predicted molar refractivity (Wildman–Crippen MR) is 164 cm³/mol. The molecule has 232 valence electrons. The molecule has 0 amide bonds. The van der Waals surface area contributed by atoms with E-state index in [1.807, 2.05) is 0 Å². The summed E-state index contributed by atoms with van der Waals surface area (Å²) in [7, 11) is -4.26. The molecule has 0 aromatic carbocycles. The van der Waals surface area contributed by atoms with Crippen molar-refractivity contribution >= 4 is 13.8 Å². The van der Waals surface area contributed by atoms with Crippen molar-refractivity contribution in [2.24, 2.45) is 5.73 Å². The van der Waals surface area contributed by atoms with Crippen LogP contribution in [0, 0.1) is 0 Å². The van der Waals surface area contributed by atoms with Crippen molar-refractivity contribution in [3.05, 3.63) is 48.6 Å². The summed E-state index contributed by atoms with van der Waals surface area (Å²) in [4.78, 5) is 22.0. The zero-order chi connectivity index (χ0) is 29.6. The van der Waals surface area contributed by atoms with Crippen molar-refractivity contribution in [3.8, 4) is 0 Å². The second-order valence-corrected chi connectivity index (χ2v) is 11.0. The minimum atomic E-state index is -4.26. The normalized spacial score (nSPS) is 14.6. The molecule has 0 saturated carbocycles. The summed E-state index contributed by atoms with van der Waals surface area (Å²) in [5, 5.41) is 0. The number of allylic oxidation sites excluding steroid dienone is 8. The van der Waals surface area contributed by atoms with Gasteiger partial charge in [0, 0.05) is 19.6 Å². The molecule has 0 fully saturated rings. The average Bonchev–Trinajstić information content (AvgIpc) is 2.94. The SMILES string of the molecule is CC/C=C\C/C=C\C/C=C\C/C=C\CCCCCOCC(COP(=O)(O)OCCN)OC(=O)CCCCCCC. The van der Waals surface area contributed by atoms with Crippen LogP contribution in [0.4, 0.5) is 0 Å². The number of phosphoric acid groups is 1. The molecule has 0 aliphatic rings. The van der Waals surface area contributed by atoms with Crippen molar-refractivity contribution in [2.75, 3.05) is 33.0 Å². The number of hydrogen-bond acceptors (Lipinski definition) is 7. The number of hydrogen-bond donors (Lipinski definition) is 2. The molecule has 2 atom stereocenters. The van der Waals surface area contributed by atoms with Crippen LogP contribution < -0.4 is 5.73 Å². The zero-order valence-electron chi connectivity index (χ0n) is 25.1. The molecule has 3 N–H and O–H groups in total. The first-order valence-corrected chi connectivity index (χ1v) is 16.6. The summed E-state index contributed by atoms with van der Waals surface area (Å²) in [5.41, 5.74) is 5.30. The molecule has 0 heterocycles. The first kappa shape index (κ1) is 38.5. The molecule has 2 unspecified atom stereocenters. The maximum atomic E-state index is 12.2. The van der Waals surface area contributed by atoms with Crippen molar-refractivity contribution in [3.63, 3.8) is 0 Å². The fourth-order valence-electron chi connectivity index (χ4n) is 3.57. The molecule has 9 heteroatoms. The zero-order valence-corrected chi connectivity index (χ0v) is 25.9. The molecule has 0 rings (SSSR count). The average molecular weight is 586 g/mol. The van der Waals surface area contributed by atoms with Crippen LogP contribution in [0.15, 0.2) is 48.6 Å². The fourth-order valence-corrected chi connectivity index (χ4v) is 4.34. The minimum Gasteiger partial charge on any atom is -0.457 e. The molecule has 40 heavy (non-hydrogen) atoms. The van der Waals surface area contributed by atoms with Gasteiger partial charge < -0.3 is 20.1 Å². The Kier molecular flexibility index (Phi) is 27.9. The predicted octanol–water partition coefficient (Wildman–Crippen LogP) is 7.73. The quantitative estimate of drug-likeness (QED) is 0.0414. The molecule has 0 spiro atoms. The Hall–Kier alpha value is -1.54. The van der Waals surface area contributed by atoms with Crippen molar-refractivity contribution in [1.82, 2.24) is 0 Å². The van der Waals surface area contributed by atoms with E-state index in [-0.39, 0.29) is 32.3 Å². The summed E-state index contributed by atoms with van der Waals surface area (Å²) in [6, 6.07) is 0. The maximum absolute atomic E-state index is 12.2. The Morgan fingerprint density at radius 1 is 0.775 bits per heavy atom. The summed E-state index contributed by atoms with van der Waals surface area (Å²) in [5.74, 6) is -0.359. The molecule has 8 nitrogen and oxygen atoms in total. The van der Waals surface area contributed by atoms with E-state index in [1.54, 1.807) is 0 Å². The van der Waals surface area contributed by atoms with Gasteiger partial charge in [-0.25, -0.2) is 4.57 Å². The summed E-state index contributed by atoms with van der Waals surface area (Å²) in [6.07, 6.45) is 30.2. The van der Waals surface area contributed by atoms with E-state index in [4.69, 9.17) is 24.3 Å². The number of carbonyl (C=O) groups is 1. The Bertz CT molecular complexity index is 752. The van der Waals surface area contributed by atoms with Crippen LogP contribution in [-0.2, 0) is 27.9 Å². The first-order chi connectivity index (χ1) is 19.4. The number of nitrogens with two attached hydrogens (primary N) is 1. The highest BCUT2D eigenvalue weighted by Gasteiger charge is 2.25. The number of phosphoric ester groups is 1. The van der Waals surface area contributed by atoms with Crippen LogP contribution in [0.2, 0.25) is 0 Å². The molecule has 0 aromatic heterocycles. The van der Waals surface area contributed by atoms with Crippen LogP contribution in [0.1, 0.15) is 104 Å².